The van der Waals surface area contributed by atoms with Crippen LogP contribution in [0.1, 0.15) is 34.3 Å². The van der Waals surface area contributed by atoms with E-state index in [0.29, 0.717) is 5.69 Å². The first-order chi connectivity index (χ1) is 17.6. The van der Waals surface area contributed by atoms with E-state index in [-0.39, 0.29) is 45.2 Å². The maximum atomic E-state index is 14.7. The Morgan fingerprint density at radius 3 is 2.54 bits per heavy atom. The fraction of sp³-hybridized carbons (Fsp3) is 0.280. The minimum atomic E-state index is -1.51. The normalized spacial score (nSPS) is 13.7. The number of aromatic nitrogens is 1. The van der Waals surface area contributed by atoms with Crippen LogP contribution >= 0.6 is 11.6 Å². The third-order valence-electron chi connectivity index (χ3n) is 5.82. The van der Waals surface area contributed by atoms with Crippen LogP contribution in [0, 0.1) is 19.7 Å². The number of aryl methyl sites for hydroxylation is 1. The molecule has 1 unspecified atom stereocenters. The first kappa shape index (κ1) is 26.6. The lowest BCUT2D eigenvalue weighted by atomic mass is 10.1. The lowest BCUT2D eigenvalue weighted by Gasteiger charge is -2.22. The Morgan fingerprint density at radius 2 is 1.92 bits per heavy atom. The molecule has 37 heavy (non-hydrogen) atoms. The molecule has 9 nitrogen and oxygen atoms in total. The number of amides is 1. The molecule has 196 valence electrons. The zero-order chi connectivity index (χ0) is 26.9. The Hall–Kier alpha value is -3.41. The second-order valence-corrected chi connectivity index (χ2v) is 10.3. The van der Waals surface area contributed by atoms with E-state index < -0.39 is 28.5 Å². The molecule has 0 spiro atoms. The van der Waals surface area contributed by atoms with Gasteiger partial charge in [-0.2, -0.15) is 0 Å². The van der Waals surface area contributed by atoms with Gasteiger partial charge in [0.2, 0.25) is 0 Å². The minimum absolute atomic E-state index is 0.00215. The van der Waals surface area contributed by atoms with Crippen molar-refractivity contribution in [2.24, 2.45) is 7.05 Å². The number of halogens is 2. The summed E-state index contributed by atoms with van der Waals surface area (Å²) in [5.74, 6) is -0.756. The summed E-state index contributed by atoms with van der Waals surface area (Å²) in [6.07, 6.45) is 1.69. The van der Waals surface area contributed by atoms with Crippen LogP contribution in [0.5, 0.6) is 11.5 Å². The zero-order valence-corrected chi connectivity index (χ0v) is 22.3. The second kappa shape index (κ2) is 10.9. The third-order valence-corrected chi connectivity index (χ3v) is 6.91. The predicted octanol–water partition coefficient (Wildman–Crippen LogP) is 4.43. The van der Waals surface area contributed by atoms with E-state index >= 15 is 0 Å². The number of nitrogens with zero attached hydrogens (tertiary/aromatic N) is 1. The number of anilines is 3. The molecule has 1 aliphatic carbocycles. The summed E-state index contributed by atoms with van der Waals surface area (Å²) < 4.78 is 39.1. The highest BCUT2D eigenvalue weighted by molar-refractivity contribution is 7.84. The molecule has 4 N–H and O–H groups in total. The molecule has 1 amide bonds. The Morgan fingerprint density at radius 1 is 1.19 bits per heavy atom. The van der Waals surface area contributed by atoms with Crippen LogP contribution in [-0.2, 0) is 18.2 Å². The fourth-order valence-corrected chi connectivity index (χ4v) is 4.31. The maximum Gasteiger partial charge on any atom is 0.259 e. The molecule has 0 saturated heterocycles. The largest absolute Gasteiger partial charge is 0.454 e. The summed E-state index contributed by atoms with van der Waals surface area (Å²) >= 11 is 4.92. The first-order valence-electron chi connectivity index (χ1n) is 11.5. The highest BCUT2D eigenvalue weighted by atomic mass is 35.5. The quantitative estimate of drug-likeness (QED) is 0.316. The van der Waals surface area contributed by atoms with E-state index in [0.717, 1.165) is 18.4 Å². The van der Waals surface area contributed by atoms with Gasteiger partial charge in [-0.25, -0.2) is 13.3 Å². The van der Waals surface area contributed by atoms with Gasteiger partial charge in [0.1, 0.15) is 22.9 Å². The Labute approximate surface area is 221 Å². The second-order valence-electron chi connectivity index (χ2n) is 8.72. The number of hydrogen-bond donors (Lipinski definition) is 4. The summed E-state index contributed by atoms with van der Waals surface area (Å²) in [4.78, 5) is 26.6. The number of carbonyl (C=O) groups is 1. The van der Waals surface area contributed by atoms with E-state index in [2.05, 4.69) is 20.1 Å². The molecule has 0 radical (unpaired) electrons. The van der Waals surface area contributed by atoms with Gasteiger partial charge in [-0.05, 0) is 69.6 Å². The average molecular weight is 548 g/mol. The van der Waals surface area contributed by atoms with Crippen molar-refractivity contribution in [2.45, 2.75) is 32.7 Å². The number of benzene rings is 2. The van der Waals surface area contributed by atoms with Crippen LogP contribution < -0.4 is 30.4 Å². The number of hydrogen-bond acceptors (Lipinski definition) is 5. The molecule has 1 saturated carbocycles. The Bertz CT molecular complexity index is 1460. The van der Waals surface area contributed by atoms with E-state index in [9.17, 15) is 18.2 Å². The molecule has 0 bridgehead atoms. The van der Waals surface area contributed by atoms with Crippen molar-refractivity contribution >= 4 is 45.9 Å². The molecular formula is C25H27ClFN5O4S. The van der Waals surface area contributed by atoms with E-state index in [1.807, 2.05) is 0 Å². The molecule has 1 fully saturated rings. The van der Waals surface area contributed by atoms with Crippen LogP contribution in [0.4, 0.5) is 21.6 Å². The van der Waals surface area contributed by atoms with Gasteiger partial charge in [0.05, 0.1) is 16.3 Å². The Kier molecular flexibility index (Phi) is 7.86. The van der Waals surface area contributed by atoms with Crippen molar-refractivity contribution in [1.82, 2.24) is 14.6 Å². The van der Waals surface area contributed by atoms with Crippen LogP contribution in [-0.4, -0.2) is 27.8 Å². The molecule has 1 atom stereocenters. The van der Waals surface area contributed by atoms with Crippen LogP contribution in [0.25, 0.3) is 0 Å². The van der Waals surface area contributed by atoms with E-state index in [1.165, 1.54) is 42.9 Å². The van der Waals surface area contributed by atoms with Gasteiger partial charge < -0.3 is 15.4 Å². The summed E-state index contributed by atoms with van der Waals surface area (Å²) in [5.41, 5.74) is 1.07. The van der Waals surface area contributed by atoms with Gasteiger partial charge in [-0.3, -0.25) is 18.9 Å². The van der Waals surface area contributed by atoms with Crippen LogP contribution in [0.2, 0.25) is 5.02 Å². The molecular weight excluding hydrogens is 521 g/mol. The number of rotatable bonds is 9. The summed E-state index contributed by atoms with van der Waals surface area (Å²) in [5, 5.41) is 6.00. The smallest absolute Gasteiger partial charge is 0.259 e. The number of carbonyl (C=O) groups excluding carboxylic acids is 1. The SMILES string of the molecule is CNS(=O)Nc1ccc(Oc2c(C(=O)NC3CC3)c(Nc3ccc(C)cc3F)n(C)c(=O)c2C)c(Cl)c1. The monoisotopic (exact) mass is 547 g/mol. The molecule has 4 rings (SSSR count). The van der Waals surface area contributed by atoms with E-state index in [1.54, 1.807) is 26.0 Å². The van der Waals surface area contributed by atoms with Gasteiger partial charge in [-0.15, -0.1) is 0 Å². The molecule has 12 heteroatoms. The standard InChI is InChI=1S/C25H27ClFN5O4S/c1-13-5-9-19(18(27)11-13)30-23-21(24(33)29-15-6-7-15)22(14(2)25(34)32(23)4)36-20-10-8-16(12-17(20)26)31-37(35)28-3/h5,8-12,15,28,30-31H,6-7H2,1-4H3,(H,29,33). The predicted molar refractivity (Wildman–Crippen MR) is 144 cm³/mol. The Balaban J connectivity index is 1.82. The van der Waals surface area contributed by atoms with Crippen molar-refractivity contribution in [3.05, 3.63) is 74.3 Å². The van der Waals surface area contributed by atoms with Crippen molar-refractivity contribution < 1.29 is 18.1 Å². The summed E-state index contributed by atoms with van der Waals surface area (Å²) in [6, 6.07) is 9.26. The van der Waals surface area contributed by atoms with Crippen molar-refractivity contribution in [3.63, 3.8) is 0 Å². The van der Waals surface area contributed by atoms with Gasteiger partial charge in [-0.1, -0.05) is 17.7 Å². The van der Waals surface area contributed by atoms with Gasteiger partial charge in [0.15, 0.2) is 16.9 Å². The molecule has 1 aromatic heterocycles. The van der Waals surface area contributed by atoms with Gasteiger partial charge in [0.25, 0.3) is 11.5 Å². The number of nitrogens with one attached hydrogen (secondary N) is 4. The van der Waals surface area contributed by atoms with Crippen molar-refractivity contribution in [2.75, 3.05) is 17.1 Å². The molecule has 1 heterocycles. The molecule has 0 aliphatic heterocycles. The third kappa shape index (κ3) is 5.95. The maximum absolute atomic E-state index is 14.7. The summed E-state index contributed by atoms with van der Waals surface area (Å²) in [7, 11) is 3.03. The number of ether oxygens (including phenoxy) is 1. The minimum Gasteiger partial charge on any atom is -0.454 e. The lowest BCUT2D eigenvalue weighted by Crippen LogP contribution is -2.31. The van der Waals surface area contributed by atoms with Gasteiger partial charge >= 0.3 is 0 Å². The van der Waals surface area contributed by atoms with Gasteiger partial charge in [0, 0.05) is 18.8 Å². The molecule has 3 aromatic rings. The molecule has 2 aromatic carbocycles. The zero-order valence-electron chi connectivity index (χ0n) is 20.7. The highest BCUT2D eigenvalue weighted by Crippen LogP contribution is 2.38. The topological polar surface area (TPSA) is 113 Å². The molecule has 1 aliphatic rings. The van der Waals surface area contributed by atoms with Crippen molar-refractivity contribution in [1.29, 1.82) is 0 Å². The highest BCUT2D eigenvalue weighted by Gasteiger charge is 2.31. The lowest BCUT2D eigenvalue weighted by molar-refractivity contribution is 0.0948. The fourth-order valence-electron chi connectivity index (χ4n) is 3.65. The van der Waals surface area contributed by atoms with E-state index in [4.69, 9.17) is 16.3 Å². The average Bonchev–Trinajstić information content (AvgIpc) is 3.67. The summed E-state index contributed by atoms with van der Waals surface area (Å²) in [6.45, 7) is 3.30. The first-order valence-corrected chi connectivity index (χ1v) is 13.0. The number of pyridine rings is 1. The van der Waals surface area contributed by atoms with Crippen molar-refractivity contribution in [3.8, 4) is 11.5 Å². The van der Waals surface area contributed by atoms with Crippen LogP contribution in [0.3, 0.4) is 0 Å². The van der Waals surface area contributed by atoms with Crippen LogP contribution in [0.15, 0.2) is 41.2 Å².